The van der Waals surface area contributed by atoms with Crippen LogP contribution >= 0.6 is 0 Å². The van der Waals surface area contributed by atoms with E-state index in [1.54, 1.807) is 19.1 Å². The molecule has 0 spiro atoms. The summed E-state index contributed by atoms with van der Waals surface area (Å²) in [6.07, 6.45) is 2.07. The third-order valence-electron chi connectivity index (χ3n) is 3.94. The molecule has 2 rings (SSSR count). The third-order valence-corrected chi connectivity index (χ3v) is 3.94. The molecule has 0 atom stereocenters. The van der Waals surface area contributed by atoms with Crippen LogP contribution in [-0.2, 0) is 11.3 Å². The fourth-order valence-corrected chi connectivity index (χ4v) is 2.58. The van der Waals surface area contributed by atoms with Gasteiger partial charge in [0.1, 0.15) is 5.75 Å². The molecule has 1 aromatic rings. The molecule has 1 aliphatic rings. The summed E-state index contributed by atoms with van der Waals surface area (Å²) in [5, 5.41) is 9.26. The molecule has 104 valence electrons. The Labute approximate surface area is 114 Å². The smallest absolute Gasteiger partial charge is 0.219 e. The normalized spacial score (nSPS) is 17.4. The first kappa shape index (κ1) is 13.9. The van der Waals surface area contributed by atoms with Crippen molar-refractivity contribution in [1.82, 2.24) is 9.80 Å². The van der Waals surface area contributed by atoms with E-state index in [0.29, 0.717) is 11.8 Å². The number of amides is 1. The summed E-state index contributed by atoms with van der Waals surface area (Å²) >= 11 is 0. The van der Waals surface area contributed by atoms with Gasteiger partial charge in [0.2, 0.25) is 5.91 Å². The molecule has 19 heavy (non-hydrogen) atoms. The van der Waals surface area contributed by atoms with Gasteiger partial charge < -0.3 is 10.0 Å². The Morgan fingerprint density at radius 2 is 1.89 bits per heavy atom. The number of benzene rings is 1. The molecule has 1 aliphatic heterocycles. The molecule has 0 unspecified atom stereocenters. The van der Waals surface area contributed by atoms with E-state index in [1.165, 1.54) is 5.56 Å². The zero-order chi connectivity index (χ0) is 13.8. The molecule has 0 aliphatic carbocycles. The van der Waals surface area contributed by atoms with Gasteiger partial charge in [-0.05, 0) is 30.5 Å². The number of carbonyl (C=O) groups is 1. The molecule has 0 bridgehead atoms. The van der Waals surface area contributed by atoms with Gasteiger partial charge in [0.25, 0.3) is 0 Å². The molecule has 0 aromatic heterocycles. The van der Waals surface area contributed by atoms with Crippen molar-refractivity contribution < 1.29 is 9.90 Å². The van der Waals surface area contributed by atoms with Crippen molar-refractivity contribution in [3.63, 3.8) is 0 Å². The first-order valence-electron chi connectivity index (χ1n) is 6.80. The largest absolute Gasteiger partial charge is 0.508 e. The predicted molar refractivity (Wildman–Crippen MR) is 74.8 cm³/mol. The predicted octanol–water partition coefficient (Wildman–Crippen LogP) is 1.83. The van der Waals surface area contributed by atoms with Crippen LogP contribution < -0.4 is 0 Å². The summed E-state index contributed by atoms with van der Waals surface area (Å²) in [4.78, 5) is 15.6. The first-order chi connectivity index (χ1) is 9.06. The van der Waals surface area contributed by atoms with Crippen molar-refractivity contribution >= 4 is 5.91 Å². The van der Waals surface area contributed by atoms with Crippen LogP contribution in [0.15, 0.2) is 24.3 Å². The summed E-state index contributed by atoms with van der Waals surface area (Å²) < 4.78 is 0. The van der Waals surface area contributed by atoms with Gasteiger partial charge in [0.15, 0.2) is 0 Å². The molecule has 0 saturated carbocycles. The number of carbonyl (C=O) groups excluding carboxylic acids is 1. The lowest BCUT2D eigenvalue weighted by Crippen LogP contribution is -2.44. The Balaban J connectivity index is 1.83. The van der Waals surface area contributed by atoms with Gasteiger partial charge in [-0.15, -0.1) is 0 Å². The van der Waals surface area contributed by atoms with Crippen LogP contribution in [0.5, 0.6) is 5.75 Å². The molecule has 4 heteroatoms. The molecule has 1 N–H and O–H groups in total. The Kier molecular flexibility index (Phi) is 4.43. The molecule has 1 saturated heterocycles. The van der Waals surface area contributed by atoms with Crippen LogP contribution in [0.2, 0.25) is 0 Å². The van der Waals surface area contributed by atoms with Gasteiger partial charge in [-0.1, -0.05) is 12.1 Å². The Morgan fingerprint density at radius 3 is 2.42 bits per heavy atom. The average Bonchev–Trinajstić information content (AvgIpc) is 2.41. The topological polar surface area (TPSA) is 43.8 Å². The molecule has 1 fully saturated rings. The fraction of sp³-hybridized carbons (Fsp3) is 0.533. The van der Waals surface area contributed by atoms with Crippen LogP contribution in [0.3, 0.4) is 0 Å². The summed E-state index contributed by atoms with van der Waals surface area (Å²) in [7, 11) is 1.89. The maximum absolute atomic E-state index is 11.3. The van der Waals surface area contributed by atoms with Gasteiger partial charge >= 0.3 is 0 Å². The second-order valence-corrected chi connectivity index (χ2v) is 5.30. The number of phenolic OH excluding ortho intramolecular Hbond substituents is 1. The maximum atomic E-state index is 11.3. The molecular formula is C15H22N2O2. The molecule has 1 aromatic carbocycles. The van der Waals surface area contributed by atoms with E-state index in [4.69, 9.17) is 0 Å². The van der Waals surface area contributed by atoms with E-state index in [-0.39, 0.29) is 5.91 Å². The number of hydrogen-bond donors (Lipinski definition) is 1. The third kappa shape index (κ3) is 3.70. The highest BCUT2D eigenvalue weighted by atomic mass is 16.3. The van der Waals surface area contributed by atoms with E-state index in [9.17, 15) is 9.90 Å². The summed E-state index contributed by atoms with van der Waals surface area (Å²) in [6, 6.07) is 7.76. The van der Waals surface area contributed by atoms with Crippen LogP contribution in [0.1, 0.15) is 25.3 Å². The number of piperidine rings is 1. The van der Waals surface area contributed by atoms with Crippen molar-refractivity contribution in [2.24, 2.45) is 0 Å². The van der Waals surface area contributed by atoms with E-state index in [2.05, 4.69) is 4.90 Å². The lowest BCUT2D eigenvalue weighted by atomic mass is 10.0. The highest BCUT2D eigenvalue weighted by molar-refractivity contribution is 5.73. The minimum atomic E-state index is 0.150. The first-order valence-corrected chi connectivity index (χ1v) is 6.80. The minimum absolute atomic E-state index is 0.150. The van der Waals surface area contributed by atoms with Crippen molar-refractivity contribution in [2.45, 2.75) is 32.4 Å². The molecular weight excluding hydrogens is 240 g/mol. The highest BCUT2D eigenvalue weighted by Gasteiger charge is 2.23. The molecule has 0 radical (unpaired) electrons. The summed E-state index contributed by atoms with van der Waals surface area (Å²) in [5.74, 6) is 0.461. The van der Waals surface area contributed by atoms with Crippen LogP contribution in [-0.4, -0.2) is 47.0 Å². The van der Waals surface area contributed by atoms with E-state index < -0.39 is 0 Å². The molecule has 1 amide bonds. The molecule has 4 nitrogen and oxygen atoms in total. The van der Waals surface area contributed by atoms with Crippen molar-refractivity contribution in [3.05, 3.63) is 29.8 Å². The molecule has 1 heterocycles. The van der Waals surface area contributed by atoms with Crippen LogP contribution in [0.4, 0.5) is 0 Å². The van der Waals surface area contributed by atoms with Gasteiger partial charge in [-0.25, -0.2) is 0 Å². The quantitative estimate of drug-likeness (QED) is 0.904. The van der Waals surface area contributed by atoms with Crippen LogP contribution in [0, 0.1) is 0 Å². The van der Waals surface area contributed by atoms with Gasteiger partial charge in [-0.2, -0.15) is 0 Å². The monoisotopic (exact) mass is 262 g/mol. The SMILES string of the molecule is CC(=O)N(C)C1CCN(Cc2ccc(O)cc2)CC1. The van der Waals surface area contributed by atoms with E-state index >= 15 is 0 Å². The second kappa shape index (κ2) is 6.06. The van der Waals surface area contributed by atoms with Crippen molar-refractivity contribution in [3.8, 4) is 5.75 Å². The summed E-state index contributed by atoms with van der Waals surface area (Å²) in [6.45, 7) is 4.58. The Bertz CT molecular complexity index is 422. The summed E-state index contributed by atoms with van der Waals surface area (Å²) in [5.41, 5.74) is 1.22. The number of hydrogen-bond acceptors (Lipinski definition) is 3. The Morgan fingerprint density at radius 1 is 1.32 bits per heavy atom. The van der Waals surface area contributed by atoms with Crippen molar-refractivity contribution in [2.75, 3.05) is 20.1 Å². The van der Waals surface area contributed by atoms with Gasteiger partial charge in [0, 0.05) is 39.6 Å². The maximum Gasteiger partial charge on any atom is 0.219 e. The van der Waals surface area contributed by atoms with Crippen LogP contribution in [0.25, 0.3) is 0 Å². The minimum Gasteiger partial charge on any atom is -0.508 e. The van der Waals surface area contributed by atoms with Gasteiger partial charge in [0.05, 0.1) is 0 Å². The lowest BCUT2D eigenvalue weighted by Gasteiger charge is -2.36. The standard InChI is InChI=1S/C15H22N2O2/c1-12(18)16(2)14-7-9-17(10-8-14)11-13-3-5-15(19)6-4-13/h3-6,14,19H,7-11H2,1-2H3. The zero-order valence-corrected chi connectivity index (χ0v) is 11.7. The second-order valence-electron chi connectivity index (χ2n) is 5.30. The highest BCUT2D eigenvalue weighted by Crippen LogP contribution is 2.18. The Hall–Kier alpha value is -1.55. The lowest BCUT2D eigenvalue weighted by molar-refractivity contribution is -0.130. The van der Waals surface area contributed by atoms with Gasteiger partial charge in [-0.3, -0.25) is 9.69 Å². The number of aromatic hydroxyl groups is 1. The zero-order valence-electron chi connectivity index (χ0n) is 11.7. The number of nitrogens with zero attached hydrogens (tertiary/aromatic N) is 2. The number of rotatable bonds is 3. The fourth-order valence-electron chi connectivity index (χ4n) is 2.58. The van der Waals surface area contributed by atoms with Crippen molar-refractivity contribution in [1.29, 1.82) is 0 Å². The number of phenols is 1. The number of likely N-dealkylation sites (tertiary alicyclic amines) is 1. The van der Waals surface area contributed by atoms with E-state index in [1.807, 2.05) is 24.1 Å². The van der Waals surface area contributed by atoms with E-state index in [0.717, 1.165) is 32.5 Å². The average molecular weight is 262 g/mol.